The molecule has 0 bridgehead atoms. The van der Waals surface area contributed by atoms with Crippen LogP contribution in [0.2, 0.25) is 0 Å². The third-order valence-electron chi connectivity index (χ3n) is 3.79. The number of aromatic nitrogens is 1. The van der Waals surface area contributed by atoms with Crippen LogP contribution in [0.25, 0.3) is 11.3 Å². The minimum atomic E-state index is -0.389. The fourth-order valence-electron chi connectivity index (χ4n) is 2.43. The van der Waals surface area contributed by atoms with Crippen LogP contribution in [0.4, 0.5) is 11.4 Å². The molecular formula is C19H18N6O2. The molecule has 0 saturated carbocycles. The van der Waals surface area contributed by atoms with Gasteiger partial charge >= 0.3 is 0 Å². The van der Waals surface area contributed by atoms with Gasteiger partial charge in [-0.25, -0.2) is 0 Å². The number of pyridine rings is 1. The molecule has 1 aromatic carbocycles. The minimum Gasteiger partial charge on any atom is -0.464 e. The van der Waals surface area contributed by atoms with Crippen molar-refractivity contribution in [3.05, 3.63) is 66.2 Å². The molecule has 0 atom stereocenters. The van der Waals surface area contributed by atoms with Crippen LogP contribution in [0.1, 0.15) is 16.1 Å². The maximum Gasteiger partial charge on any atom is 0.274 e. The van der Waals surface area contributed by atoms with Gasteiger partial charge in [0.25, 0.3) is 5.91 Å². The molecular weight excluding hydrogens is 344 g/mol. The van der Waals surface area contributed by atoms with Gasteiger partial charge in [-0.3, -0.25) is 14.8 Å². The Balaban J connectivity index is 1.80. The van der Waals surface area contributed by atoms with Gasteiger partial charge in [-0.15, -0.1) is 0 Å². The van der Waals surface area contributed by atoms with Gasteiger partial charge in [0, 0.05) is 30.6 Å². The standard InChI is InChI=1S/C19H18N6O2/c1-22-11-17(25-21)13-5-7-15(23-10-13)19(26)24-16-9-12(4-6-14(16)20)18-3-2-8-27-18/h2-11H,20-21H2,1H3,(H,24,26)/b22-11?,25-17+. The van der Waals surface area contributed by atoms with Crippen LogP contribution >= 0.6 is 0 Å². The van der Waals surface area contributed by atoms with Gasteiger partial charge in [0.05, 0.1) is 17.6 Å². The number of nitrogens with one attached hydrogen (secondary N) is 1. The molecule has 8 nitrogen and oxygen atoms in total. The van der Waals surface area contributed by atoms with E-state index in [1.54, 1.807) is 43.6 Å². The molecule has 0 aliphatic rings. The van der Waals surface area contributed by atoms with E-state index in [0.717, 1.165) is 5.56 Å². The van der Waals surface area contributed by atoms with Crippen molar-refractivity contribution in [2.24, 2.45) is 15.9 Å². The van der Waals surface area contributed by atoms with Crippen LogP contribution in [-0.2, 0) is 0 Å². The van der Waals surface area contributed by atoms with Crippen LogP contribution in [-0.4, -0.2) is 29.9 Å². The number of hydrogen-bond donors (Lipinski definition) is 3. The molecule has 0 spiro atoms. The van der Waals surface area contributed by atoms with E-state index in [1.807, 2.05) is 12.1 Å². The summed E-state index contributed by atoms with van der Waals surface area (Å²) in [5, 5.41) is 6.40. The van der Waals surface area contributed by atoms with Crippen LogP contribution in [0.5, 0.6) is 0 Å². The van der Waals surface area contributed by atoms with E-state index in [9.17, 15) is 4.79 Å². The Morgan fingerprint density at radius 3 is 2.74 bits per heavy atom. The Kier molecular flexibility index (Phi) is 5.27. The van der Waals surface area contributed by atoms with Gasteiger partial charge in [0.2, 0.25) is 0 Å². The summed E-state index contributed by atoms with van der Waals surface area (Å²) in [6.45, 7) is 0. The summed E-state index contributed by atoms with van der Waals surface area (Å²) >= 11 is 0. The second kappa shape index (κ2) is 7.96. The van der Waals surface area contributed by atoms with E-state index in [1.165, 1.54) is 12.4 Å². The summed E-state index contributed by atoms with van der Waals surface area (Å²) < 4.78 is 5.37. The van der Waals surface area contributed by atoms with Crippen molar-refractivity contribution in [3.8, 4) is 11.3 Å². The number of hydrogen-bond acceptors (Lipinski definition) is 7. The lowest BCUT2D eigenvalue weighted by Crippen LogP contribution is -2.15. The SMILES string of the molecule is CN=C/C(=N\N)c1ccc(C(=O)Nc2cc(-c3ccco3)ccc2N)nc1. The average molecular weight is 362 g/mol. The zero-order valence-electron chi connectivity index (χ0n) is 14.6. The molecule has 0 fully saturated rings. The first kappa shape index (κ1) is 17.9. The molecule has 0 unspecified atom stereocenters. The Hall–Kier alpha value is -3.94. The number of nitrogen functional groups attached to an aromatic ring is 1. The topological polar surface area (TPSA) is 132 Å². The fourth-order valence-corrected chi connectivity index (χ4v) is 2.43. The van der Waals surface area contributed by atoms with Gasteiger partial charge in [0.15, 0.2) is 0 Å². The van der Waals surface area contributed by atoms with E-state index in [2.05, 4.69) is 20.4 Å². The first-order valence-electron chi connectivity index (χ1n) is 8.03. The van der Waals surface area contributed by atoms with Crippen molar-refractivity contribution in [1.82, 2.24) is 4.98 Å². The molecule has 8 heteroatoms. The highest BCUT2D eigenvalue weighted by Crippen LogP contribution is 2.27. The van der Waals surface area contributed by atoms with Gasteiger partial charge in [-0.2, -0.15) is 5.10 Å². The zero-order chi connectivity index (χ0) is 19.2. The predicted molar refractivity (Wildman–Crippen MR) is 106 cm³/mol. The molecule has 2 aromatic heterocycles. The number of anilines is 2. The molecule has 0 saturated heterocycles. The van der Waals surface area contributed by atoms with Gasteiger partial charge in [-0.05, 0) is 42.5 Å². The molecule has 2 heterocycles. The summed E-state index contributed by atoms with van der Waals surface area (Å²) in [6, 6.07) is 12.2. The molecule has 0 aliphatic heterocycles. The summed E-state index contributed by atoms with van der Waals surface area (Å²) in [5.41, 5.74) is 9.03. The number of hydrazone groups is 1. The summed E-state index contributed by atoms with van der Waals surface area (Å²) in [4.78, 5) is 20.5. The van der Waals surface area contributed by atoms with Crippen molar-refractivity contribution in [2.45, 2.75) is 0 Å². The Bertz CT molecular complexity index is 992. The summed E-state index contributed by atoms with van der Waals surface area (Å²) in [5.74, 6) is 5.62. The summed E-state index contributed by atoms with van der Waals surface area (Å²) in [7, 11) is 1.61. The molecule has 1 amide bonds. The summed E-state index contributed by atoms with van der Waals surface area (Å²) in [6.07, 6.45) is 4.60. The number of carbonyl (C=O) groups is 1. The number of nitrogens with two attached hydrogens (primary N) is 2. The average Bonchev–Trinajstić information content (AvgIpc) is 3.23. The monoisotopic (exact) mass is 362 g/mol. The highest BCUT2D eigenvalue weighted by atomic mass is 16.3. The van der Waals surface area contributed by atoms with E-state index in [-0.39, 0.29) is 11.6 Å². The number of benzene rings is 1. The lowest BCUT2D eigenvalue weighted by atomic mass is 10.1. The van der Waals surface area contributed by atoms with E-state index >= 15 is 0 Å². The third-order valence-corrected chi connectivity index (χ3v) is 3.79. The van der Waals surface area contributed by atoms with Crippen LogP contribution in [0, 0.1) is 0 Å². The van der Waals surface area contributed by atoms with Crippen LogP contribution < -0.4 is 16.9 Å². The molecule has 3 aromatic rings. The Morgan fingerprint density at radius 1 is 1.26 bits per heavy atom. The smallest absolute Gasteiger partial charge is 0.274 e. The largest absolute Gasteiger partial charge is 0.464 e. The van der Waals surface area contributed by atoms with E-state index in [0.29, 0.717) is 28.4 Å². The van der Waals surface area contributed by atoms with Crippen molar-refractivity contribution in [2.75, 3.05) is 18.1 Å². The first-order valence-corrected chi connectivity index (χ1v) is 8.03. The lowest BCUT2D eigenvalue weighted by molar-refractivity contribution is 0.102. The van der Waals surface area contributed by atoms with Gasteiger partial charge in [0.1, 0.15) is 17.2 Å². The van der Waals surface area contributed by atoms with E-state index < -0.39 is 0 Å². The number of rotatable bonds is 5. The van der Waals surface area contributed by atoms with E-state index in [4.69, 9.17) is 16.0 Å². The van der Waals surface area contributed by atoms with Crippen molar-refractivity contribution >= 4 is 29.2 Å². The number of nitrogens with zero attached hydrogens (tertiary/aromatic N) is 3. The molecule has 136 valence electrons. The van der Waals surface area contributed by atoms with Crippen LogP contribution in [0.15, 0.2) is 69.4 Å². The van der Waals surface area contributed by atoms with Crippen LogP contribution in [0.3, 0.4) is 0 Å². The maximum absolute atomic E-state index is 12.5. The number of aliphatic imine (C=N–C) groups is 1. The van der Waals surface area contributed by atoms with Crippen molar-refractivity contribution in [3.63, 3.8) is 0 Å². The highest BCUT2D eigenvalue weighted by molar-refractivity contribution is 6.38. The molecule has 5 N–H and O–H groups in total. The normalized spacial score (nSPS) is 11.7. The van der Waals surface area contributed by atoms with Crippen molar-refractivity contribution < 1.29 is 9.21 Å². The molecule has 0 aliphatic carbocycles. The molecule has 3 rings (SSSR count). The zero-order valence-corrected chi connectivity index (χ0v) is 14.6. The molecule has 0 radical (unpaired) electrons. The number of carbonyl (C=O) groups excluding carboxylic acids is 1. The number of furan rings is 1. The second-order valence-corrected chi connectivity index (χ2v) is 5.57. The maximum atomic E-state index is 12.5. The fraction of sp³-hybridized carbons (Fsp3) is 0.0526. The van der Waals surface area contributed by atoms with Gasteiger partial charge < -0.3 is 21.3 Å². The first-order chi connectivity index (χ1) is 13.1. The number of amides is 1. The Labute approximate surface area is 155 Å². The molecule has 27 heavy (non-hydrogen) atoms. The second-order valence-electron chi connectivity index (χ2n) is 5.57. The predicted octanol–water partition coefficient (Wildman–Crippen LogP) is 2.54. The van der Waals surface area contributed by atoms with Gasteiger partial charge in [-0.1, -0.05) is 0 Å². The lowest BCUT2D eigenvalue weighted by Gasteiger charge is -2.10. The quantitative estimate of drug-likeness (QED) is 0.278. The van der Waals surface area contributed by atoms with Crippen molar-refractivity contribution in [1.29, 1.82) is 0 Å². The minimum absolute atomic E-state index is 0.228. The third kappa shape index (κ3) is 4.01. The highest BCUT2D eigenvalue weighted by Gasteiger charge is 2.12. The Morgan fingerprint density at radius 2 is 2.11 bits per heavy atom.